The number of benzene rings is 1. The number of carbonyl (C=O) groups is 1. The van der Waals surface area contributed by atoms with Crippen molar-refractivity contribution in [3.05, 3.63) is 35.7 Å². The molecule has 2 aromatic heterocycles. The molecule has 9 nitrogen and oxygen atoms in total. The minimum Gasteiger partial charge on any atom is -0.364 e. The summed E-state index contributed by atoms with van der Waals surface area (Å²) in [6.45, 7) is 9.19. The van der Waals surface area contributed by atoms with E-state index in [0.29, 0.717) is 34.5 Å². The SMILES string of the molecule is CCn1nccc1Nc1c(C(N)=O)nnc2c(C)cc(S(=O)(=O)C(C)(C)C)cc12. The molecule has 1 amide bonds. The van der Waals surface area contributed by atoms with Crippen molar-refractivity contribution in [3.63, 3.8) is 0 Å². The molecule has 0 saturated carbocycles. The molecule has 0 radical (unpaired) electrons. The molecule has 3 aromatic rings. The van der Waals surface area contributed by atoms with Crippen LogP contribution in [0.5, 0.6) is 0 Å². The molecule has 0 fully saturated rings. The van der Waals surface area contributed by atoms with E-state index < -0.39 is 20.5 Å². The Balaban J connectivity index is 2.35. The molecule has 3 N–H and O–H groups in total. The molecule has 0 spiro atoms. The highest BCUT2D eigenvalue weighted by Gasteiger charge is 2.32. The Morgan fingerprint density at radius 3 is 2.52 bits per heavy atom. The number of primary amides is 1. The lowest BCUT2D eigenvalue weighted by molar-refractivity contribution is 0.0995. The molecule has 0 aliphatic rings. The van der Waals surface area contributed by atoms with Crippen LogP contribution >= 0.6 is 0 Å². The zero-order chi connectivity index (χ0) is 21.6. The van der Waals surface area contributed by atoms with Crippen LogP contribution in [-0.2, 0) is 16.4 Å². The van der Waals surface area contributed by atoms with Crippen LogP contribution < -0.4 is 11.1 Å². The topological polar surface area (TPSA) is 133 Å². The molecule has 10 heteroatoms. The van der Waals surface area contributed by atoms with Gasteiger partial charge in [0.1, 0.15) is 5.82 Å². The Morgan fingerprint density at radius 2 is 1.93 bits per heavy atom. The monoisotopic (exact) mass is 416 g/mol. The van der Waals surface area contributed by atoms with Gasteiger partial charge in [-0.3, -0.25) is 4.79 Å². The average molecular weight is 417 g/mol. The number of amides is 1. The smallest absolute Gasteiger partial charge is 0.271 e. The van der Waals surface area contributed by atoms with E-state index in [1.54, 1.807) is 50.7 Å². The number of sulfone groups is 1. The Labute approximate surface area is 169 Å². The standard InChI is InChI=1S/C19H24N6O3S/c1-6-25-14(7-8-21-25)22-16-13-10-12(29(27,28)19(3,4)5)9-11(2)15(13)23-24-17(16)18(20)26/h7-10H,6H2,1-5H3,(H2,20,26)(H,22,23). The number of fused-ring (bicyclic) bond motifs is 1. The van der Waals surface area contributed by atoms with E-state index in [-0.39, 0.29) is 10.6 Å². The van der Waals surface area contributed by atoms with Gasteiger partial charge < -0.3 is 11.1 Å². The maximum atomic E-state index is 13.0. The quantitative estimate of drug-likeness (QED) is 0.653. The van der Waals surface area contributed by atoms with E-state index in [9.17, 15) is 13.2 Å². The van der Waals surface area contributed by atoms with Gasteiger partial charge in [-0.1, -0.05) is 0 Å². The Kier molecular flexibility index (Phi) is 5.08. The highest BCUT2D eigenvalue weighted by Crippen LogP contribution is 2.34. The first-order valence-electron chi connectivity index (χ1n) is 9.11. The van der Waals surface area contributed by atoms with E-state index in [1.165, 1.54) is 6.07 Å². The highest BCUT2D eigenvalue weighted by atomic mass is 32.2. The Bertz CT molecular complexity index is 1210. The van der Waals surface area contributed by atoms with Crippen LogP contribution in [0.25, 0.3) is 10.9 Å². The lowest BCUT2D eigenvalue weighted by Gasteiger charge is -2.21. The number of nitrogens with one attached hydrogen (secondary N) is 1. The minimum atomic E-state index is -3.62. The number of aryl methyl sites for hydroxylation is 2. The summed E-state index contributed by atoms with van der Waals surface area (Å²) in [5.41, 5.74) is 6.84. The van der Waals surface area contributed by atoms with Gasteiger partial charge in [-0.2, -0.15) is 5.10 Å². The van der Waals surface area contributed by atoms with Gasteiger partial charge >= 0.3 is 0 Å². The van der Waals surface area contributed by atoms with Gasteiger partial charge in [-0.25, -0.2) is 13.1 Å². The fourth-order valence-corrected chi connectivity index (χ4v) is 4.29. The molecule has 0 saturated heterocycles. The average Bonchev–Trinajstić information content (AvgIpc) is 3.08. The Morgan fingerprint density at radius 1 is 1.24 bits per heavy atom. The molecule has 0 aliphatic heterocycles. The molecule has 0 aliphatic carbocycles. The molecular formula is C19H24N6O3S. The van der Waals surface area contributed by atoms with Crippen LogP contribution in [0, 0.1) is 6.92 Å². The molecule has 29 heavy (non-hydrogen) atoms. The first kappa shape index (κ1) is 20.7. The van der Waals surface area contributed by atoms with Crippen molar-refractivity contribution < 1.29 is 13.2 Å². The predicted octanol–water partition coefficient (Wildman–Crippen LogP) is 2.57. The summed E-state index contributed by atoms with van der Waals surface area (Å²) >= 11 is 0. The van der Waals surface area contributed by atoms with Crippen molar-refractivity contribution in [2.75, 3.05) is 5.32 Å². The van der Waals surface area contributed by atoms with Gasteiger partial charge in [-0.15, -0.1) is 10.2 Å². The number of carbonyl (C=O) groups excluding carboxylic acids is 1. The lowest BCUT2D eigenvalue weighted by Crippen LogP contribution is -2.28. The third-order valence-electron chi connectivity index (χ3n) is 4.65. The Hall–Kier alpha value is -3.01. The van der Waals surface area contributed by atoms with E-state index in [2.05, 4.69) is 20.6 Å². The molecule has 1 aromatic carbocycles. The minimum absolute atomic E-state index is 0.0777. The molecule has 3 rings (SSSR count). The van der Waals surface area contributed by atoms with E-state index in [4.69, 9.17) is 5.73 Å². The fourth-order valence-electron chi connectivity index (χ4n) is 2.97. The van der Waals surface area contributed by atoms with E-state index in [1.807, 2.05) is 6.92 Å². The molecule has 0 bridgehead atoms. The number of nitrogens with zero attached hydrogens (tertiary/aromatic N) is 4. The summed E-state index contributed by atoms with van der Waals surface area (Å²) in [4.78, 5) is 12.2. The second kappa shape index (κ2) is 7.11. The second-order valence-electron chi connectivity index (χ2n) is 7.70. The van der Waals surface area contributed by atoms with Crippen LogP contribution in [0.15, 0.2) is 29.3 Å². The van der Waals surface area contributed by atoms with E-state index >= 15 is 0 Å². The molecule has 0 unspecified atom stereocenters. The maximum absolute atomic E-state index is 13.0. The number of aromatic nitrogens is 4. The number of hydrogen-bond acceptors (Lipinski definition) is 7. The third kappa shape index (κ3) is 3.55. The fraction of sp³-hybridized carbons (Fsp3) is 0.368. The predicted molar refractivity (Wildman–Crippen MR) is 111 cm³/mol. The molecular weight excluding hydrogens is 392 g/mol. The van der Waals surface area contributed by atoms with Crippen molar-refractivity contribution >= 4 is 38.2 Å². The summed E-state index contributed by atoms with van der Waals surface area (Å²) in [6, 6.07) is 4.82. The van der Waals surface area contributed by atoms with Gasteiger partial charge in [0.25, 0.3) is 5.91 Å². The summed E-state index contributed by atoms with van der Waals surface area (Å²) in [5, 5.41) is 15.9. The zero-order valence-electron chi connectivity index (χ0n) is 17.0. The lowest BCUT2D eigenvalue weighted by atomic mass is 10.1. The van der Waals surface area contributed by atoms with Crippen molar-refractivity contribution in [3.8, 4) is 0 Å². The largest absolute Gasteiger partial charge is 0.364 e. The van der Waals surface area contributed by atoms with E-state index in [0.717, 1.165) is 0 Å². The highest BCUT2D eigenvalue weighted by molar-refractivity contribution is 7.92. The van der Waals surface area contributed by atoms with Crippen molar-refractivity contribution in [2.24, 2.45) is 5.73 Å². The van der Waals surface area contributed by atoms with Gasteiger partial charge in [0.2, 0.25) is 0 Å². The maximum Gasteiger partial charge on any atom is 0.271 e. The normalized spacial score (nSPS) is 12.3. The van der Waals surface area contributed by atoms with Crippen LogP contribution in [0.3, 0.4) is 0 Å². The molecule has 2 heterocycles. The second-order valence-corrected chi connectivity index (χ2v) is 10.4. The summed E-state index contributed by atoms with van der Waals surface area (Å²) in [5.74, 6) is -0.155. The summed E-state index contributed by atoms with van der Waals surface area (Å²) < 4.78 is 26.8. The summed E-state index contributed by atoms with van der Waals surface area (Å²) in [7, 11) is -3.62. The van der Waals surface area contributed by atoms with Gasteiger partial charge in [0.15, 0.2) is 15.5 Å². The van der Waals surface area contributed by atoms with Gasteiger partial charge in [0.05, 0.1) is 27.0 Å². The molecule has 154 valence electrons. The van der Waals surface area contributed by atoms with Crippen molar-refractivity contribution in [2.45, 2.75) is 50.8 Å². The van der Waals surface area contributed by atoms with Crippen LogP contribution in [-0.4, -0.2) is 39.0 Å². The summed E-state index contributed by atoms with van der Waals surface area (Å²) in [6.07, 6.45) is 1.62. The van der Waals surface area contributed by atoms with Crippen molar-refractivity contribution in [1.29, 1.82) is 0 Å². The molecule has 0 atom stereocenters. The number of anilines is 2. The van der Waals surface area contributed by atoms with Crippen LogP contribution in [0.4, 0.5) is 11.5 Å². The number of rotatable bonds is 5. The third-order valence-corrected chi connectivity index (χ3v) is 7.12. The van der Waals surface area contributed by atoms with Crippen molar-refractivity contribution in [1.82, 2.24) is 20.0 Å². The van der Waals surface area contributed by atoms with Gasteiger partial charge in [-0.05, 0) is 52.3 Å². The zero-order valence-corrected chi connectivity index (χ0v) is 17.8. The van der Waals surface area contributed by atoms with Gasteiger partial charge in [0, 0.05) is 18.0 Å². The number of hydrogen-bond donors (Lipinski definition) is 2. The first-order valence-corrected chi connectivity index (χ1v) is 10.6. The number of nitrogens with two attached hydrogens (primary N) is 1. The first-order chi connectivity index (χ1) is 13.5. The van der Waals surface area contributed by atoms with Crippen LogP contribution in [0.1, 0.15) is 43.7 Å². The van der Waals surface area contributed by atoms with Crippen LogP contribution in [0.2, 0.25) is 0 Å².